The monoisotopic (exact) mass is 264 g/mol. The van der Waals surface area contributed by atoms with Crippen molar-refractivity contribution in [1.82, 2.24) is 9.97 Å². The molecule has 0 unspecified atom stereocenters. The van der Waals surface area contributed by atoms with Crippen LogP contribution in [0.5, 0.6) is 0 Å². The number of furan rings is 1. The summed E-state index contributed by atoms with van der Waals surface area (Å²) in [4.78, 5) is 9.44. The zero-order valence-corrected chi connectivity index (χ0v) is 10.7. The predicted molar refractivity (Wildman–Crippen MR) is 66.8 cm³/mol. The minimum atomic E-state index is -0.0359. The summed E-state index contributed by atoms with van der Waals surface area (Å²) in [6.45, 7) is 3.69. The summed E-state index contributed by atoms with van der Waals surface area (Å²) in [5.74, 6) is 0.765. The molecule has 0 fully saturated rings. The van der Waals surface area contributed by atoms with E-state index in [1.54, 1.807) is 12.3 Å². The Kier molecular flexibility index (Phi) is 3.52. The molecule has 0 aliphatic carbocycles. The van der Waals surface area contributed by atoms with Gasteiger partial charge in [-0.25, -0.2) is 9.97 Å². The van der Waals surface area contributed by atoms with Crippen molar-refractivity contribution in [2.75, 3.05) is 0 Å². The molecular formula is C11H12N4O2S. The number of hydrogen-bond donors (Lipinski definition) is 2. The molecule has 6 nitrogen and oxygen atoms in total. The first-order chi connectivity index (χ1) is 8.60. The van der Waals surface area contributed by atoms with Gasteiger partial charge in [-0.05, 0) is 37.7 Å². The van der Waals surface area contributed by atoms with Crippen molar-refractivity contribution in [2.24, 2.45) is 10.9 Å². The summed E-state index contributed by atoms with van der Waals surface area (Å²) in [7, 11) is 0. The lowest BCUT2D eigenvalue weighted by Crippen LogP contribution is -2.16. The number of nitrogens with two attached hydrogens (primary N) is 1. The molecule has 18 heavy (non-hydrogen) atoms. The molecule has 0 aromatic carbocycles. The van der Waals surface area contributed by atoms with Crippen LogP contribution in [-0.4, -0.2) is 21.0 Å². The van der Waals surface area contributed by atoms with E-state index in [0.29, 0.717) is 10.9 Å². The highest BCUT2D eigenvalue weighted by molar-refractivity contribution is 7.99. The summed E-state index contributed by atoms with van der Waals surface area (Å²) in [5, 5.41) is 12.1. The van der Waals surface area contributed by atoms with Crippen LogP contribution in [-0.2, 0) is 0 Å². The third-order valence-corrected chi connectivity index (χ3v) is 3.22. The van der Waals surface area contributed by atoms with Gasteiger partial charge < -0.3 is 15.4 Å². The molecular weight excluding hydrogens is 252 g/mol. The Morgan fingerprint density at radius 3 is 2.83 bits per heavy atom. The van der Waals surface area contributed by atoms with Crippen molar-refractivity contribution < 1.29 is 9.62 Å². The van der Waals surface area contributed by atoms with E-state index in [-0.39, 0.29) is 5.84 Å². The first kappa shape index (κ1) is 12.4. The van der Waals surface area contributed by atoms with Crippen molar-refractivity contribution >= 4 is 17.6 Å². The lowest BCUT2D eigenvalue weighted by molar-refractivity contribution is 0.318. The van der Waals surface area contributed by atoms with E-state index in [0.717, 1.165) is 16.3 Å². The first-order valence-electron chi connectivity index (χ1n) is 5.15. The number of amidine groups is 1. The van der Waals surface area contributed by atoms with Crippen molar-refractivity contribution in [1.29, 1.82) is 0 Å². The van der Waals surface area contributed by atoms with Crippen molar-refractivity contribution in [3.05, 3.63) is 35.5 Å². The summed E-state index contributed by atoms with van der Waals surface area (Å²) in [6.07, 6.45) is 1.61. The molecule has 2 aromatic heterocycles. The van der Waals surface area contributed by atoms with Gasteiger partial charge in [-0.15, -0.1) is 0 Å². The van der Waals surface area contributed by atoms with Gasteiger partial charge in [0.2, 0.25) is 0 Å². The fraction of sp³-hybridized carbons (Fsp3) is 0.182. The summed E-state index contributed by atoms with van der Waals surface area (Å²) in [5.41, 5.74) is 6.66. The Morgan fingerprint density at radius 1 is 1.44 bits per heavy atom. The van der Waals surface area contributed by atoms with Gasteiger partial charge in [0.05, 0.1) is 11.2 Å². The number of oxime groups is 1. The van der Waals surface area contributed by atoms with E-state index in [4.69, 9.17) is 15.4 Å². The van der Waals surface area contributed by atoms with Crippen LogP contribution in [0.15, 0.2) is 38.0 Å². The molecule has 0 saturated heterocycles. The van der Waals surface area contributed by atoms with Gasteiger partial charge in [-0.1, -0.05) is 5.16 Å². The quantitative estimate of drug-likeness (QED) is 0.289. The molecule has 0 aliphatic heterocycles. The van der Waals surface area contributed by atoms with E-state index >= 15 is 0 Å². The standard InChI is InChI=1S/C11H12N4O2S/c1-6-5-8(10(12)15-16)14-11(13-6)18-9-3-4-17-7(9)2/h3-5,16H,1-2H3,(H2,12,15). The smallest absolute Gasteiger partial charge is 0.193 e. The summed E-state index contributed by atoms with van der Waals surface area (Å²) >= 11 is 1.37. The largest absolute Gasteiger partial charge is 0.468 e. The van der Waals surface area contributed by atoms with Crippen LogP contribution < -0.4 is 5.73 Å². The van der Waals surface area contributed by atoms with E-state index in [1.165, 1.54) is 11.8 Å². The molecule has 0 saturated carbocycles. The number of rotatable bonds is 3. The highest BCUT2D eigenvalue weighted by Gasteiger charge is 2.10. The first-order valence-corrected chi connectivity index (χ1v) is 5.97. The minimum Gasteiger partial charge on any atom is -0.468 e. The SMILES string of the molecule is Cc1cc(/C(N)=N/O)nc(Sc2ccoc2C)n1. The van der Waals surface area contributed by atoms with Crippen LogP contribution in [0.4, 0.5) is 0 Å². The van der Waals surface area contributed by atoms with Gasteiger partial charge in [0.25, 0.3) is 0 Å². The average Bonchev–Trinajstić information content (AvgIpc) is 2.73. The second kappa shape index (κ2) is 5.09. The maximum Gasteiger partial charge on any atom is 0.193 e. The molecule has 0 bridgehead atoms. The van der Waals surface area contributed by atoms with Crippen LogP contribution in [0, 0.1) is 13.8 Å². The Labute approximate surface area is 108 Å². The molecule has 94 valence electrons. The molecule has 7 heteroatoms. The Bertz CT molecular complexity index is 594. The maximum atomic E-state index is 8.65. The second-order valence-corrected chi connectivity index (χ2v) is 4.61. The Morgan fingerprint density at radius 2 is 2.22 bits per heavy atom. The van der Waals surface area contributed by atoms with E-state index < -0.39 is 0 Å². The third-order valence-electron chi connectivity index (χ3n) is 2.22. The molecule has 0 radical (unpaired) electrons. The van der Waals surface area contributed by atoms with Crippen molar-refractivity contribution in [3.63, 3.8) is 0 Å². The highest BCUT2D eigenvalue weighted by atomic mass is 32.2. The fourth-order valence-electron chi connectivity index (χ4n) is 1.35. The van der Waals surface area contributed by atoms with Gasteiger partial charge in [-0.2, -0.15) is 0 Å². The van der Waals surface area contributed by atoms with Gasteiger partial charge >= 0.3 is 0 Å². The number of aryl methyl sites for hydroxylation is 2. The molecule has 0 amide bonds. The van der Waals surface area contributed by atoms with Gasteiger partial charge in [-0.3, -0.25) is 0 Å². The molecule has 3 N–H and O–H groups in total. The molecule has 0 atom stereocenters. The van der Waals surface area contributed by atoms with E-state index in [9.17, 15) is 0 Å². The van der Waals surface area contributed by atoms with Gasteiger partial charge in [0.15, 0.2) is 11.0 Å². The van der Waals surface area contributed by atoms with Gasteiger partial charge in [0.1, 0.15) is 11.5 Å². The molecule has 2 aromatic rings. The number of nitrogens with zero attached hydrogens (tertiary/aromatic N) is 3. The Balaban J connectivity index is 2.34. The lowest BCUT2D eigenvalue weighted by atomic mass is 10.3. The zero-order chi connectivity index (χ0) is 13.1. The molecule has 0 spiro atoms. The lowest BCUT2D eigenvalue weighted by Gasteiger charge is -2.03. The maximum absolute atomic E-state index is 8.65. The van der Waals surface area contributed by atoms with Crippen molar-refractivity contribution in [2.45, 2.75) is 23.9 Å². The van der Waals surface area contributed by atoms with Crippen LogP contribution >= 0.6 is 11.8 Å². The topological polar surface area (TPSA) is 97.5 Å². The zero-order valence-electron chi connectivity index (χ0n) is 9.91. The predicted octanol–water partition coefficient (Wildman–Crippen LogP) is 1.93. The van der Waals surface area contributed by atoms with E-state index in [2.05, 4.69) is 15.1 Å². The Hall–Kier alpha value is -2.02. The number of aromatic nitrogens is 2. The normalized spacial score (nSPS) is 11.8. The highest BCUT2D eigenvalue weighted by Crippen LogP contribution is 2.28. The van der Waals surface area contributed by atoms with Crippen LogP contribution in [0.25, 0.3) is 0 Å². The van der Waals surface area contributed by atoms with Crippen LogP contribution in [0.2, 0.25) is 0 Å². The molecule has 0 aliphatic rings. The van der Waals surface area contributed by atoms with Crippen molar-refractivity contribution in [3.8, 4) is 0 Å². The molecule has 2 heterocycles. The third kappa shape index (κ3) is 2.62. The second-order valence-electron chi connectivity index (χ2n) is 3.61. The van der Waals surface area contributed by atoms with Crippen LogP contribution in [0.3, 0.4) is 0 Å². The number of hydrogen-bond acceptors (Lipinski definition) is 6. The average molecular weight is 264 g/mol. The minimum absolute atomic E-state index is 0.0359. The summed E-state index contributed by atoms with van der Waals surface area (Å²) < 4.78 is 5.20. The summed E-state index contributed by atoms with van der Waals surface area (Å²) in [6, 6.07) is 3.50. The fourth-order valence-corrected chi connectivity index (χ4v) is 2.19. The van der Waals surface area contributed by atoms with Crippen LogP contribution in [0.1, 0.15) is 17.1 Å². The van der Waals surface area contributed by atoms with Gasteiger partial charge in [0, 0.05) is 5.69 Å². The van der Waals surface area contributed by atoms with E-state index in [1.807, 2.05) is 19.9 Å². The molecule has 2 rings (SSSR count).